The van der Waals surface area contributed by atoms with Crippen molar-refractivity contribution >= 4 is 104 Å². The van der Waals surface area contributed by atoms with Crippen LogP contribution in [0.15, 0.2) is 144 Å². The van der Waals surface area contributed by atoms with Crippen molar-refractivity contribution in [3.8, 4) is 27.9 Å². The number of para-hydroxylation sites is 1. The Bertz CT molecular complexity index is 3900. The number of nitrogens with zero attached hydrogens (tertiary/aromatic N) is 2. The van der Waals surface area contributed by atoms with E-state index in [0.717, 1.165) is 21.9 Å². The van der Waals surface area contributed by atoms with Gasteiger partial charge in [-0.15, -0.1) is 11.3 Å². The number of hydrogen-bond donors (Lipinski definition) is 0. The van der Waals surface area contributed by atoms with Crippen LogP contribution in [0.4, 0.5) is 11.4 Å². The van der Waals surface area contributed by atoms with Crippen LogP contribution in [0.2, 0.25) is 0 Å². The van der Waals surface area contributed by atoms with Gasteiger partial charge in [0.15, 0.2) is 0 Å². The molecule has 0 saturated carbocycles. The molecule has 1 aliphatic carbocycles. The number of rotatable bonds is 1. The molecule has 0 atom stereocenters. The first kappa shape index (κ1) is 36.9. The van der Waals surface area contributed by atoms with Gasteiger partial charge in [0.2, 0.25) is 0 Å². The highest BCUT2D eigenvalue weighted by Gasteiger charge is 2.50. The molecule has 0 fully saturated rings. The zero-order chi connectivity index (χ0) is 43.3. The van der Waals surface area contributed by atoms with E-state index in [0.29, 0.717) is 0 Å². The second-order valence-corrected chi connectivity index (χ2v) is 22.4. The molecule has 5 heteroatoms. The van der Waals surface area contributed by atoms with E-state index in [2.05, 4.69) is 204 Å². The molecule has 0 unspecified atom stereocenters. The molecule has 0 radical (unpaired) electrons. The number of fused-ring (bicyclic) bond motifs is 19. The molecule has 3 nitrogen and oxygen atoms in total. The molecule has 14 rings (SSSR count). The van der Waals surface area contributed by atoms with Crippen LogP contribution in [0.25, 0.3) is 91.9 Å². The highest BCUT2D eigenvalue weighted by atomic mass is 32.1. The van der Waals surface area contributed by atoms with Crippen LogP contribution in [-0.2, 0) is 16.2 Å². The van der Waals surface area contributed by atoms with Crippen molar-refractivity contribution in [2.45, 2.75) is 71.6 Å². The zero-order valence-electron chi connectivity index (χ0n) is 37.6. The molecule has 0 N–H and O–H groups in total. The van der Waals surface area contributed by atoms with Crippen molar-refractivity contribution in [2.24, 2.45) is 0 Å². The van der Waals surface area contributed by atoms with Crippen molar-refractivity contribution in [1.29, 1.82) is 0 Å². The fourth-order valence-electron chi connectivity index (χ4n) is 12.2. The molecule has 0 saturated heterocycles. The Morgan fingerprint density at radius 2 is 1.28 bits per heavy atom. The Balaban J connectivity index is 1.24. The van der Waals surface area contributed by atoms with Gasteiger partial charge in [-0.25, -0.2) is 0 Å². The maximum absolute atomic E-state index is 6.82. The SMILES string of the molecule is CC(C)(C)c1ccc(N2B3c4cc5c(cc4-n4c6ccc(C(C)(C)C)cc6c6c7c(c(c3c64)-c3cc4oc6ccccc6c4cc32)C(C)(C)c2ccccc2-7)sc2ccccc25)cc1. The molecule has 2 aliphatic heterocycles. The monoisotopic (exact) mass is 842 g/mol. The van der Waals surface area contributed by atoms with Crippen LogP contribution in [-0.4, -0.2) is 11.4 Å². The van der Waals surface area contributed by atoms with E-state index < -0.39 is 0 Å². The summed E-state index contributed by atoms with van der Waals surface area (Å²) in [5, 5.41) is 7.64. The molecule has 308 valence electrons. The number of hydrogen-bond acceptors (Lipinski definition) is 3. The molecule has 11 aromatic rings. The Hall–Kier alpha value is -6.56. The summed E-state index contributed by atoms with van der Waals surface area (Å²) in [7, 11) is 0. The van der Waals surface area contributed by atoms with E-state index in [1.807, 2.05) is 11.3 Å². The molecule has 64 heavy (non-hydrogen) atoms. The topological polar surface area (TPSA) is 21.3 Å². The van der Waals surface area contributed by atoms with Gasteiger partial charge in [0, 0.05) is 69.8 Å². The molecular weight excluding hydrogens is 796 g/mol. The minimum atomic E-state index is -0.281. The Morgan fingerprint density at radius 3 is 2.08 bits per heavy atom. The number of benzene rings is 8. The summed E-state index contributed by atoms with van der Waals surface area (Å²) < 4.78 is 12.1. The van der Waals surface area contributed by atoms with Crippen LogP contribution < -0.4 is 15.7 Å². The number of thiophene rings is 1. The maximum atomic E-state index is 6.82. The summed E-state index contributed by atoms with van der Waals surface area (Å²) >= 11 is 1.91. The van der Waals surface area contributed by atoms with Gasteiger partial charge in [-0.2, -0.15) is 0 Å². The van der Waals surface area contributed by atoms with Gasteiger partial charge in [0.25, 0.3) is 0 Å². The van der Waals surface area contributed by atoms with Crippen molar-refractivity contribution in [3.05, 3.63) is 162 Å². The molecule has 0 bridgehead atoms. The second kappa shape index (κ2) is 12.0. The van der Waals surface area contributed by atoms with Crippen LogP contribution in [0.1, 0.15) is 77.6 Å². The lowest BCUT2D eigenvalue weighted by Crippen LogP contribution is -2.61. The zero-order valence-corrected chi connectivity index (χ0v) is 38.4. The largest absolute Gasteiger partial charge is 0.456 e. The summed E-state index contributed by atoms with van der Waals surface area (Å²) in [5.74, 6) is 0. The maximum Gasteiger partial charge on any atom is 0.333 e. The normalized spacial score (nSPS) is 14.9. The predicted molar refractivity (Wildman–Crippen MR) is 275 cm³/mol. The van der Waals surface area contributed by atoms with Crippen molar-refractivity contribution < 1.29 is 4.42 Å². The first-order valence-corrected chi connectivity index (χ1v) is 23.7. The van der Waals surface area contributed by atoms with Crippen LogP contribution in [0.5, 0.6) is 0 Å². The molecule has 0 spiro atoms. The van der Waals surface area contributed by atoms with Gasteiger partial charge >= 0.3 is 6.85 Å². The van der Waals surface area contributed by atoms with Crippen LogP contribution in [0, 0.1) is 0 Å². The van der Waals surface area contributed by atoms with E-state index >= 15 is 0 Å². The van der Waals surface area contributed by atoms with Crippen LogP contribution in [0.3, 0.4) is 0 Å². The fourth-order valence-corrected chi connectivity index (χ4v) is 13.3. The van der Waals surface area contributed by atoms with Gasteiger partial charge in [-0.1, -0.05) is 140 Å². The smallest absolute Gasteiger partial charge is 0.333 e. The number of aromatic nitrogens is 1. The Labute approximate surface area is 377 Å². The average Bonchev–Trinajstić information content (AvgIpc) is 4.00. The van der Waals surface area contributed by atoms with Gasteiger partial charge < -0.3 is 13.8 Å². The standard InChI is InChI=1S/C59H47BN2OS/c1-57(2,3)32-21-24-34(25-22-32)62-45-29-38-35-15-10-13-19-47(35)63-48(38)30-41(45)53-54-51(37-17-9-12-18-42(37)59(54,7)8)52-40-27-33(58(4,5)6)23-26-44(40)61-46-31-50-39(36-16-11-14-20-49(36)64-50)28-43(46)60(62)55(53)56(52)61/h9-31H,1-8H3. The molecule has 0 amide bonds. The summed E-state index contributed by atoms with van der Waals surface area (Å²) in [6.45, 7) is 18.8. The lowest BCUT2D eigenvalue weighted by Gasteiger charge is -2.43. The van der Waals surface area contributed by atoms with Gasteiger partial charge in [-0.05, 0) is 115 Å². The lowest BCUT2D eigenvalue weighted by molar-refractivity contribution is 0.590. The third-order valence-electron chi connectivity index (χ3n) is 15.2. The van der Waals surface area contributed by atoms with Crippen molar-refractivity contribution in [3.63, 3.8) is 0 Å². The number of anilines is 2. The number of furan rings is 1. The third kappa shape index (κ3) is 4.58. The fraction of sp³-hybridized carbons (Fsp3) is 0.186. The Kier molecular flexibility index (Phi) is 6.89. The summed E-state index contributed by atoms with van der Waals surface area (Å²) in [6.07, 6.45) is 0. The predicted octanol–water partition coefficient (Wildman–Crippen LogP) is 15.2. The van der Waals surface area contributed by atoms with Gasteiger partial charge in [0.05, 0.1) is 11.0 Å². The molecule has 3 aromatic heterocycles. The summed E-state index contributed by atoms with van der Waals surface area (Å²) in [5.41, 5.74) is 21.4. The van der Waals surface area contributed by atoms with Crippen molar-refractivity contribution in [1.82, 2.24) is 4.57 Å². The lowest BCUT2D eigenvalue weighted by atomic mass is 9.43. The quantitative estimate of drug-likeness (QED) is 0.154. The van der Waals surface area contributed by atoms with E-state index in [-0.39, 0.29) is 23.1 Å². The van der Waals surface area contributed by atoms with E-state index in [4.69, 9.17) is 4.42 Å². The van der Waals surface area contributed by atoms with Crippen molar-refractivity contribution in [2.75, 3.05) is 4.81 Å². The second-order valence-electron chi connectivity index (χ2n) is 21.3. The van der Waals surface area contributed by atoms with E-state index in [1.165, 1.54) is 114 Å². The minimum absolute atomic E-state index is 0.0199. The van der Waals surface area contributed by atoms with Crippen LogP contribution >= 0.6 is 11.3 Å². The molecule has 8 aromatic carbocycles. The average molecular weight is 843 g/mol. The first-order chi connectivity index (χ1) is 30.8. The van der Waals surface area contributed by atoms with E-state index in [1.54, 1.807) is 0 Å². The summed E-state index contributed by atoms with van der Waals surface area (Å²) in [4.78, 5) is 2.70. The molecule has 3 aliphatic rings. The third-order valence-corrected chi connectivity index (χ3v) is 16.4. The van der Waals surface area contributed by atoms with E-state index in [9.17, 15) is 0 Å². The minimum Gasteiger partial charge on any atom is -0.456 e. The highest BCUT2D eigenvalue weighted by Crippen LogP contribution is 2.59. The molecule has 5 heterocycles. The van der Waals surface area contributed by atoms with Gasteiger partial charge in [0.1, 0.15) is 11.2 Å². The highest BCUT2D eigenvalue weighted by molar-refractivity contribution is 7.26. The van der Waals surface area contributed by atoms with Gasteiger partial charge in [-0.3, -0.25) is 0 Å². The summed E-state index contributed by atoms with van der Waals surface area (Å²) in [6, 6.07) is 53.6. The first-order valence-electron chi connectivity index (χ1n) is 22.9. The Morgan fingerprint density at radius 1 is 0.562 bits per heavy atom. The molecular formula is C59H47BN2OS.